The number of urea groups is 1. The van der Waals surface area contributed by atoms with Crippen LogP contribution in [0.5, 0.6) is 0 Å². The third kappa shape index (κ3) is 7.22. The van der Waals surface area contributed by atoms with Crippen molar-refractivity contribution in [2.24, 2.45) is 4.99 Å². The summed E-state index contributed by atoms with van der Waals surface area (Å²) in [5.41, 5.74) is 1.81. The van der Waals surface area contributed by atoms with Gasteiger partial charge in [-0.2, -0.15) is 0 Å². The minimum Gasteiger partial charge on any atom is -0.357 e. The zero-order valence-corrected chi connectivity index (χ0v) is 16.9. The maximum Gasteiger partial charge on any atom is 0.321 e. The van der Waals surface area contributed by atoms with E-state index in [1.54, 1.807) is 0 Å². The van der Waals surface area contributed by atoms with Gasteiger partial charge in [0.1, 0.15) is 0 Å². The molecule has 0 aromatic heterocycles. The fourth-order valence-electron chi connectivity index (χ4n) is 2.52. The molecular weight excluding hydrogens is 429 g/mol. The summed E-state index contributed by atoms with van der Waals surface area (Å²) in [6, 6.07) is 7.72. The van der Waals surface area contributed by atoms with Crippen LogP contribution in [0.25, 0.3) is 0 Å². The summed E-state index contributed by atoms with van der Waals surface area (Å²) in [5.74, 6) is 3.21. The van der Waals surface area contributed by atoms with E-state index in [1.807, 2.05) is 36.1 Å². The van der Waals surface area contributed by atoms with E-state index in [-0.39, 0.29) is 30.0 Å². The Morgan fingerprint density at radius 1 is 1.32 bits per heavy atom. The molecule has 0 unspecified atom stereocenters. The van der Waals surface area contributed by atoms with E-state index < -0.39 is 0 Å². The lowest BCUT2D eigenvalue weighted by atomic mass is 10.2. The number of rotatable bonds is 5. The number of carbonyl (C=O) groups is 1. The van der Waals surface area contributed by atoms with Gasteiger partial charge in [0, 0.05) is 25.3 Å². The first kappa shape index (κ1) is 21.1. The van der Waals surface area contributed by atoms with Gasteiger partial charge in [0.2, 0.25) is 0 Å². The molecule has 1 aromatic carbocycles. The third-order valence-electron chi connectivity index (χ3n) is 3.69. The lowest BCUT2D eigenvalue weighted by Gasteiger charge is -2.16. The predicted octanol–water partition coefficient (Wildman–Crippen LogP) is 2.62. The summed E-state index contributed by atoms with van der Waals surface area (Å²) < 4.78 is 0. The van der Waals surface area contributed by atoms with Gasteiger partial charge in [-0.1, -0.05) is 18.1 Å². The van der Waals surface area contributed by atoms with Gasteiger partial charge < -0.3 is 20.9 Å². The summed E-state index contributed by atoms with van der Waals surface area (Å²) >= 11 is 0. The van der Waals surface area contributed by atoms with Gasteiger partial charge in [0.05, 0.1) is 13.1 Å². The molecule has 2 amide bonds. The van der Waals surface area contributed by atoms with E-state index in [0.29, 0.717) is 19.0 Å². The number of nitrogens with zero attached hydrogens (tertiary/aromatic N) is 2. The van der Waals surface area contributed by atoms with Crippen molar-refractivity contribution in [3.05, 3.63) is 29.8 Å². The molecule has 25 heavy (non-hydrogen) atoms. The molecule has 0 atom stereocenters. The molecule has 1 saturated heterocycles. The number of likely N-dealkylation sites (tertiary alicyclic amines) is 1. The highest BCUT2D eigenvalue weighted by Gasteiger charge is 2.17. The van der Waals surface area contributed by atoms with Crippen molar-refractivity contribution in [2.45, 2.75) is 26.3 Å². The highest BCUT2D eigenvalue weighted by atomic mass is 127. The largest absolute Gasteiger partial charge is 0.357 e. The van der Waals surface area contributed by atoms with Crippen LogP contribution in [0.15, 0.2) is 29.3 Å². The molecule has 6 nitrogen and oxygen atoms in total. The van der Waals surface area contributed by atoms with Gasteiger partial charge in [-0.3, -0.25) is 0 Å². The van der Waals surface area contributed by atoms with Gasteiger partial charge in [-0.05, 0) is 37.5 Å². The standard InChI is InChI=1S/C18H25N5O.HI/c1-3-10-20-17(19-4-2)21-14-15-8-7-9-16(13-15)22-18(24)23-11-5-6-12-23;/h1,7-9,13H,4-6,10-12,14H2,2H3,(H,22,24)(H2,19,20,21);1H. The maximum absolute atomic E-state index is 12.1. The SMILES string of the molecule is C#CCNC(=NCc1cccc(NC(=O)N2CCCC2)c1)NCC.I. The van der Waals surface area contributed by atoms with Crippen LogP contribution in [0.1, 0.15) is 25.3 Å². The molecule has 1 aromatic rings. The van der Waals surface area contributed by atoms with Crippen LogP contribution in [0.2, 0.25) is 0 Å². The van der Waals surface area contributed by atoms with Gasteiger partial charge in [0.15, 0.2) is 5.96 Å². The Hall–Kier alpha value is -1.95. The van der Waals surface area contributed by atoms with Gasteiger partial charge in [-0.25, -0.2) is 9.79 Å². The number of terminal acetylenes is 1. The zero-order valence-electron chi connectivity index (χ0n) is 14.5. The quantitative estimate of drug-likeness (QED) is 0.277. The number of anilines is 1. The van der Waals surface area contributed by atoms with E-state index in [1.165, 1.54) is 0 Å². The molecule has 1 fully saturated rings. The first-order chi connectivity index (χ1) is 11.7. The molecule has 3 N–H and O–H groups in total. The second-order valence-corrected chi connectivity index (χ2v) is 5.58. The van der Waals surface area contributed by atoms with E-state index in [4.69, 9.17) is 6.42 Å². The first-order valence-electron chi connectivity index (χ1n) is 8.33. The lowest BCUT2D eigenvalue weighted by molar-refractivity contribution is 0.222. The zero-order chi connectivity index (χ0) is 17.2. The number of amides is 2. The number of halogens is 1. The number of hydrogen-bond donors (Lipinski definition) is 3. The van der Waals surface area contributed by atoms with E-state index >= 15 is 0 Å². The topological polar surface area (TPSA) is 68.8 Å². The Bertz CT molecular complexity index is 620. The molecule has 0 aliphatic carbocycles. The number of guanidine groups is 1. The summed E-state index contributed by atoms with van der Waals surface area (Å²) in [4.78, 5) is 18.5. The highest BCUT2D eigenvalue weighted by molar-refractivity contribution is 14.0. The molecule has 136 valence electrons. The monoisotopic (exact) mass is 455 g/mol. The average Bonchev–Trinajstić information content (AvgIpc) is 3.12. The van der Waals surface area contributed by atoms with Crippen LogP contribution in [0.4, 0.5) is 10.5 Å². The van der Waals surface area contributed by atoms with Gasteiger partial charge in [-0.15, -0.1) is 30.4 Å². The Morgan fingerprint density at radius 3 is 2.76 bits per heavy atom. The Morgan fingerprint density at radius 2 is 2.08 bits per heavy atom. The fourth-order valence-corrected chi connectivity index (χ4v) is 2.52. The predicted molar refractivity (Wildman–Crippen MR) is 113 cm³/mol. The minimum atomic E-state index is -0.0304. The Labute approximate surface area is 166 Å². The summed E-state index contributed by atoms with van der Waals surface area (Å²) in [5, 5.41) is 9.14. The van der Waals surface area contributed by atoms with Crippen molar-refractivity contribution in [3.8, 4) is 12.3 Å². The number of nitrogens with one attached hydrogen (secondary N) is 3. The second kappa shape index (κ2) is 11.6. The minimum absolute atomic E-state index is 0. The summed E-state index contributed by atoms with van der Waals surface area (Å²) in [6.07, 6.45) is 7.43. The number of carbonyl (C=O) groups excluding carboxylic acids is 1. The normalized spacial score (nSPS) is 13.6. The van der Waals surface area contributed by atoms with Crippen LogP contribution in [-0.2, 0) is 6.54 Å². The highest BCUT2D eigenvalue weighted by Crippen LogP contribution is 2.14. The third-order valence-corrected chi connectivity index (χ3v) is 3.69. The van der Waals surface area contributed by atoms with Crippen LogP contribution in [0.3, 0.4) is 0 Å². The molecule has 0 spiro atoms. The number of aliphatic imine (C=N–C) groups is 1. The Kier molecular flexibility index (Phi) is 9.77. The Balaban J connectivity index is 0.00000312. The molecule has 1 heterocycles. The van der Waals surface area contributed by atoms with Crippen LogP contribution >= 0.6 is 24.0 Å². The van der Waals surface area contributed by atoms with Crippen molar-refractivity contribution in [1.82, 2.24) is 15.5 Å². The maximum atomic E-state index is 12.1. The van der Waals surface area contributed by atoms with Crippen molar-refractivity contribution in [3.63, 3.8) is 0 Å². The molecule has 2 rings (SSSR count). The van der Waals surface area contributed by atoms with Gasteiger partial charge in [0.25, 0.3) is 0 Å². The second-order valence-electron chi connectivity index (χ2n) is 5.58. The number of benzene rings is 1. The molecule has 0 bridgehead atoms. The molecule has 0 saturated carbocycles. The molecule has 0 radical (unpaired) electrons. The van der Waals surface area contributed by atoms with Crippen molar-refractivity contribution >= 4 is 41.7 Å². The van der Waals surface area contributed by atoms with E-state index in [0.717, 1.165) is 43.7 Å². The first-order valence-corrected chi connectivity index (χ1v) is 8.33. The molecule has 7 heteroatoms. The van der Waals surface area contributed by atoms with Crippen molar-refractivity contribution < 1.29 is 4.79 Å². The summed E-state index contributed by atoms with van der Waals surface area (Å²) in [6.45, 7) is 5.38. The molecule has 1 aliphatic rings. The number of hydrogen-bond acceptors (Lipinski definition) is 2. The average molecular weight is 455 g/mol. The van der Waals surface area contributed by atoms with Crippen molar-refractivity contribution in [1.29, 1.82) is 0 Å². The smallest absolute Gasteiger partial charge is 0.321 e. The van der Waals surface area contributed by atoms with Crippen LogP contribution < -0.4 is 16.0 Å². The van der Waals surface area contributed by atoms with Crippen molar-refractivity contribution in [2.75, 3.05) is 31.5 Å². The lowest BCUT2D eigenvalue weighted by Crippen LogP contribution is -2.37. The summed E-state index contributed by atoms with van der Waals surface area (Å²) in [7, 11) is 0. The fraction of sp³-hybridized carbons (Fsp3) is 0.444. The van der Waals surface area contributed by atoms with E-state index in [9.17, 15) is 4.79 Å². The van der Waals surface area contributed by atoms with Gasteiger partial charge >= 0.3 is 6.03 Å². The molecule has 1 aliphatic heterocycles. The molecular formula is C18H26IN5O. The van der Waals surface area contributed by atoms with E-state index in [2.05, 4.69) is 26.9 Å². The van der Waals surface area contributed by atoms with Crippen LogP contribution in [0, 0.1) is 12.3 Å². The van der Waals surface area contributed by atoms with Crippen LogP contribution in [-0.4, -0.2) is 43.1 Å².